The SMILES string of the molecule is CC(NCc1sccc1Br)c1ccc2c(c1)NC(=O)CO2. The molecule has 0 aliphatic carbocycles. The molecular formula is C15H15BrN2O2S. The zero-order valence-corrected chi connectivity index (χ0v) is 13.9. The zero-order chi connectivity index (χ0) is 14.8. The molecule has 0 spiro atoms. The second kappa shape index (κ2) is 6.17. The monoisotopic (exact) mass is 366 g/mol. The number of rotatable bonds is 4. The predicted octanol–water partition coefficient (Wildman–Crippen LogP) is 3.69. The minimum Gasteiger partial charge on any atom is -0.482 e. The van der Waals surface area contributed by atoms with E-state index >= 15 is 0 Å². The highest BCUT2D eigenvalue weighted by molar-refractivity contribution is 9.10. The third kappa shape index (κ3) is 3.28. The van der Waals surface area contributed by atoms with Crippen molar-refractivity contribution in [2.75, 3.05) is 11.9 Å². The van der Waals surface area contributed by atoms with Crippen LogP contribution in [0.15, 0.2) is 34.1 Å². The first-order chi connectivity index (χ1) is 10.1. The van der Waals surface area contributed by atoms with Crippen LogP contribution in [0.5, 0.6) is 5.75 Å². The summed E-state index contributed by atoms with van der Waals surface area (Å²) in [5, 5.41) is 8.39. The van der Waals surface area contributed by atoms with Gasteiger partial charge in [-0.25, -0.2) is 0 Å². The number of thiophene rings is 1. The third-order valence-electron chi connectivity index (χ3n) is 3.40. The van der Waals surface area contributed by atoms with Gasteiger partial charge in [-0.1, -0.05) is 6.07 Å². The molecule has 1 unspecified atom stereocenters. The topological polar surface area (TPSA) is 50.4 Å². The van der Waals surface area contributed by atoms with E-state index in [1.54, 1.807) is 11.3 Å². The lowest BCUT2D eigenvalue weighted by Gasteiger charge is -2.21. The standard InChI is InChI=1S/C15H15BrN2O2S/c1-9(17-7-14-11(16)4-5-21-14)10-2-3-13-12(6-10)18-15(19)8-20-13/h2-6,9,17H,7-8H2,1H3,(H,18,19). The predicted molar refractivity (Wildman–Crippen MR) is 87.8 cm³/mol. The maximum Gasteiger partial charge on any atom is 0.262 e. The summed E-state index contributed by atoms with van der Waals surface area (Å²) in [5.41, 5.74) is 1.86. The molecular weight excluding hydrogens is 352 g/mol. The Labute approximate surface area is 135 Å². The van der Waals surface area contributed by atoms with Crippen LogP contribution in [0.1, 0.15) is 23.4 Å². The minimum absolute atomic E-state index is 0.0898. The highest BCUT2D eigenvalue weighted by atomic mass is 79.9. The van der Waals surface area contributed by atoms with Crippen molar-refractivity contribution in [2.45, 2.75) is 19.5 Å². The molecule has 0 bridgehead atoms. The summed E-state index contributed by atoms with van der Waals surface area (Å²) in [4.78, 5) is 12.6. The summed E-state index contributed by atoms with van der Waals surface area (Å²) in [7, 11) is 0. The fraction of sp³-hybridized carbons (Fsp3) is 0.267. The van der Waals surface area contributed by atoms with Gasteiger partial charge in [-0.05, 0) is 52.0 Å². The normalized spacial score (nSPS) is 15.0. The van der Waals surface area contributed by atoms with Gasteiger partial charge in [0.1, 0.15) is 5.75 Å². The van der Waals surface area contributed by atoms with Crippen LogP contribution in [-0.4, -0.2) is 12.5 Å². The smallest absolute Gasteiger partial charge is 0.262 e. The lowest BCUT2D eigenvalue weighted by Crippen LogP contribution is -2.26. The number of nitrogens with one attached hydrogen (secondary N) is 2. The van der Waals surface area contributed by atoms with Gasteiger partial charge in [-0.3, -0.25) is 4.79 Å². The Morgan fingerprint density at radius 3 is 3.10 bits per heavy atom. The molecule has 2 heterocycles. The Morgan fingerprint density at radius 2 is 2.33 bits per heavy atom. The van der Waals surface area contributed by atoms with Gasteiger partial charge >= 0.3 is 0 Å². The van der Waals surface area contributed by atoms with Crippen LogP contribution >= 0.6 is 27.3 Å². The summed E-state index contributed by atoms with van der Waals surface area (Å²) < 4.78 is 6.51. The maximum atomic E-state index is 11.4. The molecule has 1 aliphatic rings. The van der Waals surface area contributed by atoms with Crippen LogP contribution in [0.3, 0.4) is 0 Å². The fourth-order valence-electron chi connectivity index (χ4n) is 2.18. The quantitative estimate of drug-likeness (QED) is 0.867. The van der Waals surface area contributed by atoms with E-state index in [-0.39, 0.29) is 18.6 Å². The van der Waals surface area contributed by atoms with Crippen molar-refractivity contribution in [1.82, 2.24) is 5.32 Å². The zero-order valence-electron chi connectivity index (χ0n) is 11.5. The van der Waals surface area contributed by atoms with Crippen LogP contribution < -0.4 is 15.4 Å². The number of carbonyl (C=O) groups is 1. The Hall–Kier alpha value is -1.37. The van der Waals surface area contributed by atoms with Gasteiger partial charge < -0.3 is 15.4 Å². The molecule has 2 N–H and O–H groups in total. The number of hydrogen-bond acceptors (Lipinski definition) is 4. The lowest BCUT2D eigenvalue weighted by molar-refractivity contribution is -0.118. The molecule has 0 fully saturated rings. The molecule has 1 aromatic carbocycles. The van der Waals surface area contributed by atoms with Gasteiger partial charge in [0.2, 0.25) is 0 Å². The Balaban J connectivity index is 1.70. The van der Waals surface area contributed by atoms with Crippen LogP contribution in [0, 0.1) is 0 Å². The fourth-order valence-corrected chi connectivity index (χ4v) is 3.63. The molecule has 1 aromatic heterocycles. The van der Waals surface area contributed by atoms with Gasteiger partial charge in [0.25, 0.3) is 5.91 Å². The first-order valence-corrected chi connectivity index (χ1v) is 8.32. The molecule has 0 radical (unpaired) electrons. The molecule has 6 heteroatoms. The minimum atomic E-state index is -0.109. The third-order valence-corrected chi connectivity index (χ3v) is 5.32. The Kier molecular flexibility index (Phi) is 4.28. The van der Waals surface area contributed by atoms with Gasteiger partial charge in [-0.2, -0.15) is 0 Å². The molecule has 3 rings (SSSR count). The lowest BCUT2D eigenvalue weighted by atomic mass is 10.1. The van der Waals surface area contributed by atoms with Crippen molar-refractivity contribution in [3.63, 3.8) is 0 Å². The molecule has 1 aliphatic heterocycles. The van der Waals surface area contributed by atoms with Crippen molar-refractivity contribution in [3.8, 4) is 5.75 Å². The van der Waals surface area contributed by atoms with Crippen molar-refractivity contribution >= 4 is 38.9 Å². The first-order valence-electron chi connectivity index (χ1n) is 6.65. The van der Waals surface area contributed by atoms with Gasteiger partial charge in [0.05, 0.1) is 5.69 Å². The van der Waals surface area contributed by atoms with Crippen LogP contribution in [0.25, 0.3) is 0 Å². The van der Waals surface area contributed by atoms with Crippen LogP contribution in [-0.2, 0) is 11.3 Å². The molecule has 21 heavy (non-hydrogen) atoms. The number of hydrogen-bond donors (Lipinski definition) is 2. The Morgan fingerprint density at radius 1 is 1.48 bits per heavy atom. The first kappa shape index (κ1) is 14.6. The van der Waals surface area contributed by atoms with Crippen molar-refractivity contribution in [3.05, 3.63) is 44.6 Å². The summed E-state index contributed by atoms with van der Waals surface area (Å²) in [6, 6.07) is 8.13. The van der Waals surface area contributed by atoms with Crippen molar-refractivity contribution in [1.29, 1.82) is 0 Å². The van der Waals surface area contributed by atoms with E-state index in [0.29, 0.717) is 0 Å². The Bertz CT molecular complexity index is 671. The average molecular weight is 367 g/mol. The van der Waals surface area contributed by atoms with E-state index in [1.165, 1.54) is 4.88 Å². The van der Waals surface area contributed by atoms with Gasteiger partial charge in [-0.15, -0.1) is 11.3 Å². The average Bonchev–Trinajstić information content (AvgIpc) is 2.89. The van der Waals surface area contributed by atoms with Crippen LogP contribution in [0.2, 0.25) is 0 Å². The summed E-state index contributed by atoms with van der Waals surface area (Å²) >= 11 is 5.26. The van der Waals surface area contributed by atoms with E-state index in [4.69, 9.17) is 4.74 Å². The van der Waals surface area contributed by atoms with Crippen molar-refractivity contribution < 1.29 is 9.53 Å². The second-order valence-corrected chi connectivity index (χ2v) is 6.74. The molecule has 0 saturated heterocycles. The summed E-state index contributed by atoms with van der Waals surface area (Å²) in [5.74, 6) is 0.620. The van der Waals surface area contributed by atoms with Crippen LogP contribution in [0.4, 0.5) is 5.69 Å². The molecule has 2 aromatic rings. The van der Waals surface area contributed by atoms with Gasteiger partial charge in [0, 0.05) is 21.9 Å². The van der Waals surface area contributed by atoms with E-state index < -0.39 is 0 Å². The summed E-state index contributed by atoms with van der Waals surface area (Å²) in [6.07, 6.45) is 0. The largest absolute Gasteiger partial charge is 0.482 e. The summed E-state index contributed by atoms with van der Waals surface area (Å²) in [6.45, 7) is 3.00. The van der Waals surface area contributed by atoms with E-state index in [9.17, 15) is 4.79 Å². The number of ether oxygens (including phenoxy) is 1. The maximum absolute atomic E-state index is 11.4. The molecule has 0 saturated carbocycles. The molecule has 1 amide bonds. The highest BCUT2D eigenvalue weighted by Crippen LogP contribution is 2.31. The number of benzene rings is 1. The number of anilines is 1. The molecule has 4 nitrogen and oxygen atoms in total. The van der Waals surface area contributed by atoms with E-state index in [0.717, 1.165) is 28.0 Å². The van der Waals surface area contributed by atoms with Crippen molar-refractivity contribution in [2.24, 2.45) is 0 Å². The van der Waals surface area contributed by atoms with E-state index in [2.05, 4.69) is 44.9 Å². The highest BCUT2D eigenvalue weighted by Gasteiger charge is 2.17. The number of fused-ring (bicyclic) bond motifs is 1. The number of carbonyl (C=O) groups excluding carboxylic acids is 1. The number of amides is 1. The van der Waals surface area contributed by atoms with Gasteiger partial charge in [0.15, 0.2) is 6.61 Å². The number of halogens is 1. The molecule has 110 valence electrons. The molecule has 1 atom stereocenters. The second-order valence-electron chi connectivity index (χ2n) is 4.89. The van der Waals surface area contributed by atoms with E-state index in [1.807, 2.05) is 18.2 Å².